The SMILES string of the molecule is CCc1ccc(-n2ccc(=O)c(-c3nc(-c4ccccn4)no3)n2)cc1. The van der Waals surface area contributed by atoms with Crippen LogP contribution in [0.15, 0.2) is 70.2 Å². The lowest BCUT2D eigenvalue weighted by Crippen LogP contribution is -2.12. The van der Waals surface area contributed by atoms with E-state index in [9.17, 15) is 4.79 Å². The van der Waals surface area contributed by atoms with Gasteiger partial charge in [0.2, 0.25) is 11.3 Å². The number of nitrogens with zero attached hydrogens (tertiary/aromatic N) is 5. The first-order valence-corrected chi connectivity index (χ1v) is 8.19. The molecule has 0 aliphatic rings. The highest BCUT2D eigenvalue weighted by molar-refractivity contribution is 5.53. The van der Waals surface area contributed by atoms with Gasteiger partial charge in [0, 0.05) is 18.5 Å². The Bertz CT molecular complexity index is 1080. The normalized spacial score (nSPS) is 10.8. The van der Waals surface area contributed by atoms with Crippen LogP contribution in [0.1, 0.15) is 12.5 Å². The maximum absolute atomic E-state index is 12.2. The van der Waals surface area contributed by atoms with Crippen LogP contribution >= 0.6 is 0 Å². The van der Waals surface area contributed by atoms with Gasteiger partial charge in [0.05, 0.1) is 5.69 Å². The van der Waals surface area contributed by atoms with E-state index in [0.717, 1.165) is 12.1 Å². The highest BCUT2D eigenvalue weighted by Crippen LogP contribution is 2.17. The van der Waals surface area contributed by atoms with Gasteiger partial charge in [-0.25, -0.2) is 4.68 Å². The summed E-state index contributed by atoms with van der Waals surface area (Å²) >= 11 is 0. The summed E-state index contributed by atoms with van der Waals surface area (Å²) in [6, 6.07) is 14.8. The van der Waals surface area contributed by atoms with Crippen LogP contribution in [0.3, 0.4) is 0 Å². The van der Waals surface area contributed by atoms with E-state index in [1.54, 1.807) is 29.2 Å². The molecule has 4 aromatic rings. The fourth-order valence-electron chi connectivity index (χ4n) is 2.50. The van der Waals surface area contributed by atoms with Gasteiger partial charge >= 0.3 is 0 Å². The monoisotopic (exact) mass is 345 g/mol. The summed E-state index contributed by atoms with van der Waals surface area (Å²) in [5, 5.41) is 8.26. The van der Waals surface area contributed by atoms with Crippen molar-refractivity contribution in [3.63, 3.8) is 0 Å². The van der Waals surface area contributed by atoms with Crippen LogP contribution in [0, 0.1) is 0 Å². The van der Waals surface area contributed by atoms with Gasteiger partial charge in [-0.3, -0.25) is 9.78 Å². The predicted octanol–water partition coefficient (Wildman–Crippen LogP) is 2.91. The molecule has 0 unspecified atom stereocenters. The van der Waals surface area contributed by atoms with Gasteiger partial charge in [-0.2, -0.15) is 10.1 Å². The van der Waals surface area contributed by atoms with Crippen LogP contribution in [0.25, 0.3) is 28.8 Å². The zero-order valence-electron chi connectivity index (χ0n) is 14.0. The zero-order chi connectivity index (χ0) is 17.9. The van der Waals surface area contributed by atoms with E-state index in [0.29, 0.717) is 11.5 Å². The van der Waals surface area contributed by atoms with Crippen molar-refractivity contribution in [3.8, 4) is 28.8 Å². The molecule has 7 heteroatoms. The summed E-state index contributed by atoms with van der Waals surface area (Å²) in [7, 11) is 0. The summed E-state index contributed by atoms with van der Waals surface area (Å²) in [6.45, 7) is 2.10. The molecule has 0 saturated carbocycles. The van der Waals surface area contributed by atoms with E-state index >= 15 is 0 Å². The van der Waals surface area contributed by atoms with Gasteiger partial charge in [0.1, 0.15) is 5.69 Å². The van der Waals surface area contributed by atoms with Gasteiger partial charge in [-0.1, -0.05) is 30.3 Å². The number of hydrogen-bond acceptors (Lipinski definition) is 6. The van der Waals surface area contributed by atoms with Crippen molar-refractivity contribution >= 4 is 0 Å². The van der Waals surface area contributed by atoms with E-state index < -0.39 is 0 Å². The number of rotatable bonds is 4. The molecule has 0 aliphatic carbocycles. The molecule has 0 bridgehead atoms. The fraction of sp³-hybridized carbons (Fsp3) is 0.105. The number of aryl methyl sites for hydroxylation is 1. The van der Waals surface area contributed by atoms with Gasteiger partial charge in [-0.05, 0) is 36.2 Å². The van der Waals surface area contributed by atoms with Crippen molar-refractivity contribution in [2.45, 2.75) is 13.3 Å². The van der Waals surface area contributed by atoms with Gasteiger partial charge < -0.3 is 4.52 Å². The molecule has 128 valence electrons. The average Bonchev–Trinajstić information content (AvgIpc) is 3.19. The Balaban J connectivity index is 1.73. The summed E-state index contributed by atoms with van der Waals surface area (Å²) < 4.78 is 6.85. The van der Waals surface area contributed by atoms with E-state index in [1.165, 1.54) is 11.6 Å². The Morgan fingerprint density at radius 1 is 1.08 bits per heavy atom. The molecule has 0 N–H and O–H groups in total. The van der Waals surface area contributed by atoms with Gasteiger partial charge in [0.15, 0.2) is 5.69 Å². The molecule has 26 heavy (non-hydrogen) atoms. The first-order chi connectivity index (χ1) is 12.7. The largest absolute Gasteiger partial charge is 0.332 e. The minimum atomic E-state index is -0.289. The smallest absolute Gasteiger partial charge is 0.282 e. The third-order valence-electron chi connectivity index (χ3n) is 3.94. The second-order valence-corrected chi connectivity index (χ2v) is 5.63. The molecule has 0 fully saturated rings. The van der Waals surface area contributed by atoms with Crippen LogP contribution in [0.4, 0.5) is 0 Å². The molecule has 0 amide bonds. The first kappa shape index (κ1) is 15.9. The summed E-state index contributed by atoms with van der Waals surface area (Å²) in [4.78, 5) is 20.7. The third-order valence-corrected chi connectivity index (χ3v) is 3.94. The van der Waals surface area contributed by atoms with Crippen LogP contribution in [0.2, 0.25) is 0 Å². The predicted molar refractivity (Wildman–Crippen MR) is 95.7 cm³/mol. The molecule has 0 saturated heterocycles. The van der Waals surface area contributed by atoms with Gasteiger partial charge in [-0.15, -0.1) is 0 Å². The lowest BCUT2D eigenvalue weighted by molar-refractivity contribution is 0.429. The first-order valence-electron chi connectivity index (χ1n) is 8.19. The molecule has 0 atom stereocenters. The van der Waals surface area contributed by atoms with Crippen LogP contribution in [0.5, 0.6) is 0 Å². The Morgan fingerprint density at radius 2 is 1.92 bits per heavy atom. The Kier molecular flexibility index (Phi) is 4.10. The molecule has 1 aromatic carbocycles. The molecular weight excluding hydrogens is 330 g/mol. The minimum Gasteiger partial charge on any atom is -0.332 e. The van der Waals surface area contributed by atoms with Crippen molar-refractivity contribution in [3.05, 3.63) is 76.7 Å². The summed E-state index contributed by atoms with van der Waals surface area (Å²) in [6.07, 6.45) is 4.21. The van der Waals surface area contributed by atoms with Crippen LogP contribution in [-0.4, -0.2) is 24.9 Å². The molecule has 3 aromatic heterocycles. The van der Waals surface area contributed by atoms with E-state index in [2.05, 4.69) is 27.1 Å². The Labute approximate surface area is 149 Å². The zero-order valence-corrected chi connectivity index (χ0v) is 14.0. The van der Waals surface area contributed by atoms with Crippen molar-refractivity contribution < 1.29 is 4.52 Å². The van der Waals surface area contributed by atoms with Crippen molar-refractivity contribution in [2.75, 3.05) is 0 Å². The standard InChI is InChI=1S/C19H15N5O2/c1-2-13-6-8-14(9-7-13)24-12-10-16(25)17(22-24)19-21-18(23-26-19)15-5-3-4-11-20-15/h3-12H,2H2,1H3. The highest BCUT2D eigenvalue weighted by atomic mass is 16.5. The quantitative estimate of drug-likeness (QED) is 0.565. The molecule has 4 rings (SSSR count). The van der Waals surface area contributed by atoms with Crippen molar-refractivity contribution in [1.29, 1.82) is 0 Å². The van der Waals surface area contributed by atoms with Gasteiger partial charge in [0.25, 0.3) is 5.89 Å². The summed E-state index contributed by atoms with van der Waals surface area (Å²) in [5.41, 5.74) is 2.44. The second kappa shape index (κ2) is 6.72. The van der Waals surface area contributed by atoms with E-state index in [-0.39, 0.29) is 17.0 Å². The molecule has 0 aliphatic heterocycles. The number of aromatic nitrogens is 5. The molecule has 0 spiro atoms. The molecule has 7 nitrogen and oxygen atoms in total. The third kappa shape index (κ3) is 3.02. The van der Waals surface area contributed by atoms with Crippen molar-refractivity contribution in [1.82, 2.24) is 24.9 Å². The lowest BCUT2D eigenvalue weighted by Gasteiger charge is -2.06. The topological polar surface area (TPSA) is 86.7 Å². The van der Waals surface area contributed by atoms with E-state index in [1.807, 2.05) is 30.3 Å². The molecule has 3 heterocycles. The Hall–Kier alpha value is -3.61. The van der Waals surface area contributed by atoms with Crippen molar-refractivity contribution in [2.24, 2.45) is 0 Å². The van der Waals surface area contributed by atoms with Crippen LogP contribution in [-0.2, 0) is 6.42 Å². The molecule has 0 radical (unpaired) electrons. The van der Waals surface area contributed by atoms with E-state index in [4.69, 9.17) is 4.52 Å². The second-order valence-electron chi connectivity index (χ2n) is 5.63. The van der Waals surface area contributed by atoms with Crippen LogP contribution < -0.4 is 5.43 Å². The highest BCUT2D eigenvalue weighted by Gasteiger charge is 2.16. The fourth-order valence-corrected chi connectivity index (χ4v) is 2.50. The average molecular weight is 345 g/mol. The lowest BCUT2D eigenvalue weighted by atomic mass is 10.1. The maximum Gasteiger partial charge on any atom is 0.282 e. The number of hydrogen-bond donors (Lipinski definition) is 0. The molecular formula is C19H15N5O2. The summed E-state index contributed by atoms with van der Waals surface area (Å²) in [5.74, 6) is 0.375. The number of benzene rings is 1. The number of pyridine rings is 1. The Morgan fingerprint density at radius 3 is 2.65 bits per heavy atom. The maximum atomic E-state index is 12.2. The minimum absolute atomic E-state index is 0.0650.